The summed E-state index contributed by atoms with van der Waals surface area (Å²) in [7, 11) is 0. The van der Waals surface area contributed by atoms with E-state index < -0.39 is 0 Å². The first kappa shape index (κ1) is 18.3. The van der Waals surface area contributed by atoms with Crippen LogP contribution in [0.4, 0.5) is 5.69 Å². The molecule has 2 aliphatic carbocycles. The van der Waals surface area contributed by atoms with Gasteiger partial charge < -0.3 is 10.5 Å². The third kappa shape index (κ3) is 4.37. The van der Waals surface area contributed by atoms with Gasteiger partial charge in [-0.2, -0.15) is 0 Å². The van der Waals surface area contributed by atoms with Crippen molar-refractivity contribution in [2.75, 3.05) is 5.73 Å². The summed E-state index contributed by atoms with van der Waals surface area (Å²) in [6.45, 7) is 6.37. The molecule has 0 saturated heterocycles. The fourth-order valence-corrected chi connectivity index (χ4v) is 4.69. The zero-order valence-electron chi connectivity index (χ0n) is 16.0. The van der Waals surface area contributed by atoms with Crippen LogP contribution in [0.25, 0.3) is 0 Å². The van der Waals surface area contributed by atoms with Gasteiger partial charge in [0.1, 0.15) is 5.75 Å². The minimum Gasteiger partial charge on any atom is -0.426 e. The number of carbonyl (C=O) groups is 1. The van der Waals surface area contributed by atoms with Crippen molar-refractivity contribution in [2.24, 2.45) is 23.7 Å². The standard InChI is InChI=1S/C22H33NO2/c1-14-4-6-17(7-5-14)18-8-10-19(11-9-18)22(24)25-20-12-15(2)16(3)21(23)13-20/h12-14,17-19H,4-11,23H2,1-3H3. The van der Waals surface area contributed by atoms with E-state index in [4.69, 9.17) is 10.5 Å². The van der Waals surface area contributed by atoms with E-state index in [0.717, 1.165) is 41.7 Å². The second kappa shape index (κ2) is 7.80. The van der Waals surface area contributed by atoms with Gasteiger partial charge in [0, 0.05) is 11.8 Å². The Bertz CT molecular complexity index is 585. The van der Waals surface area contributed by atoms with E-state index in [1.54, 1.807) is 6.07 Å². The number of hydrogen-bond acceptors (Lipinski definition) is 3. The Morgan fingerprint density at radius 2 is 1.52 bits per heavy atom. The molecule has 1 aromatic carbocycles. The van der Waals surface area contributed by atoms with Crippen LogP contribution in [0.2, 0.25) is 0 Å². The van der Waals surface area contributed by atoms with Crippen molar-refractivity contribution in [3.8, 4) is 5.75 Å². The van der Waals surface area contributed by atoms with E-state index in [-0.39, 0.29) is 11.9 Å². The number of esters is 1. The lowest BCUT2D eigenvalue weighted by Crippen LogP contribution is -2.29. The van der Waals surface area contributed by atoms with Crippen molar-refractivity contribution in [1.82, 2.24) is 0 Å². The average molecular weight is 344 g/mol. The maximum absolute atomic E-state index is 12.5. The molecule has 25 heavy (non-hydrogen) atoms. The van der Waals surface area contributed by atoms with Crippen LogP contribution >= 0.6 is 0 Å². The molecular formula is C22H33NO2. The number of hydrogen-bond donors (Lipinski definition) is 1. The van der Waals surface area contributed by atoms with Gasteiger partial charge in [-0.25, -0.2) is 0 Å². The van der Waals surface area contributed by atoms with Crippen molar-refractivity contribution >= 4 is 11.7 Å². The largest absolute Gasteiger partial charge is 0.426 e. The molecule has 2 N–H and O–H groups in total. The lowest BCUT2D eigenvalue weighted by atomic mass is 9.69. The van der Waals surface area contributed by atoms with Gasteiger partial charge >= 0.3 is 5.97 Å². The van der Waals surface area contributed by atoms with E-state index in [0.29, 0.717) is 11.4 Å². The first-order valence-corrected chi connectivity index (χ1v) is 10.0. The third-order valence-corrected chi connectivity index (χ3v) is 6.73. The lowest BCUT2D eigenvalue weighted by molar-refractivity contribution is -0.140. The summed E-state index contributed by atoms with van der Waals surface area (Å²) in [5.41, 5.74) is 8.81. The highest BCUT2D eigenvalue weighted by Crippen LogP contribution is 2.41. The van der Waals surface area contributed by atoms with E-state index >= 15 is 0 Å². The maximum atomic E-state index is 12.5. The molecule has 0 unspecified atom stereocenters. The van der Waals surface area contributed by atoms with Crippen LogP contribution in [0.1, 0.15) is 69.4 Å². The van der Waals surface area contributed by atoms with Crippen LogP contribution in [0, 0.1) is 37.5 Å². The summed E-state index contributed by atoms with van der Waals surface area (Å²) in [6, 6.07) is 3.69. The minimum absolute atomic E-state index is 0.0570. The molecule has 0 aromatic heterocycles. The van der Waals surface area contributed by atoms with Crippen LogP contribution in [0.15, 0.2) is 12.1 Å². The third-order valence-electron chi connectivity index (χ3n) is 6.73. The fraction of sp³-hybridized carbons (Fsp3) is 0.682. The molecule has 1 aromatic rings. The Kier molecular flexibility index (Phi) is 5.71. The highest BCUT2D eigenvalue weighted by Gasteiger charge is 2.33. The second-order valence-electron chi connectivity index (χ2n) is 8.51. The summed E-state index contributed by atoms with van der Waals surface area (Å²) < 4.78 is 5.65. The van der Waals surface area contributed by atoms with Crippen LogP contribution < -0.4 is 10.5 Å². The molecule has 0 bridgehead atoms. The molecule has 0 heterocycles. The van der Waals surface area contributed by atoms with Gasteiger partial charge in [-0.05, 0) is 87.3 Å². The van der Waals surface area contributed by atoms with Crippen molar-refractivity contribution < 1.29 is 9.53 Å². The van der Waals surface area contributed by atoms with Crippen molar-refractivity contribution in [2.45, 2.75) is 72.1 Å². The number of rotatable bonds is 3. The lowest BCUT2D eigenvalue weighted by Gasteiger charge is -2.36. The van der Waals surface area contributed by atoms with E-state index in [2.05, 4.69) is 6.92 Å². The van der Waals surface area contributed by atoms with E-state index in [1.807, 2.05) is 19.9 Å². The summed E-state index contributed by atoms with van der Waals surface area (Å²) in [5.74, 6) is 3.21. The highest BCUT2D eigenvalue weighted by atomic mass is 16.5. The molecule has 0 spiro atoms. The van der Waals surface area contributed by atoms with Crippen molar-refractivity contribution in [1.29, 1.82) is 0 Å². The van der Waals surface area contributed by atoms with Crippen LogP contribution in [-0.4, -0.2) is 5.97 Å². The van der Waals surface area contributed by atoms with Crippen molar-refractivity contribution in [3.05, 3.63) is 23.3 Å². The SMILES string of the molecule is Cc1cc(OC(=O)C2CCC(C3CCC(C)CC3)CC2)cc(N)c1C. The molecule has 3 heteroatoms. The number of nitrogens with two attached hydrogens (primary N) is 1. The monoisotopic (exact) mass is 343 g/mol. The number of anilines is 1. The predicted octanol–water partition coefficient (Wildman–Crippen LogP) is 5.42. The van der Waals surface area contributed by atoms with Gasteiger partial charge in [-0.1, -0.05) is 19.8 Å². The summed E-state index contributed by atoms with van der Waals surface area (Å²) in [6.07, 6.45) is 9.90. The maximum Gasteiger partial charge on any atom is 0.314 e. The first-order valence-electron chi connectivity index (χ1n) is 10.0. The minimum atomic E-state index is -0.0710. The number of ether oxygens (including phenoxy) is 1. The molecule has 2 saturated carbocycles. The summed E-state index contributed by atoms with van der Waals surface area (Å²) in [4.78, 5) is 12.5. The van der Waals surface area contributed by atoms with Crippen LogP contribution in [0.3, 0.4) is 0 Å². The van der Waals surface area contributed by atoms with Gasteiger partial charge in [0.25, 0.3) is 0 Å². The van der Waals surface area contributed by atoms with Crippen LogP contribution in [0.5, 0.6) is 5.75 Å². The van der Waals surface area contributed by atoms with Gasteiger partial charge in [-0.15, -0.1) is 0 Å². The Morgan fingerprint density at radius 1 is 0.960 bits per heavy atom. The molecule has 2 fully saturated rings. The normalized spacial score (nSPS) is 30.0. The first-order chi connectivity index (χ1) is 11.9. The summed E-state index contributed by atoms with van der Waals surface area (Å²) >= 11 is 0. The number of aryl methyl sites for hydroxylation is 1. The Morgan fingerprint density at radius 3 is 2.08 bits per heavy atom. The topological polar surface area (TPSA) is 52.3 Å². The predicted molar refractivity (Wildman–Crippen MR) is 103 cm³/mol. The fourth-order valence-electron chi connectivity index (χ4n) is 4.69. The molecule has 0 atom stereocenters. The van der Waals surface area contributed by atoms with Gasteiger partial charge in [0.2, 0.25) is 0 Å². The molecule has 2 aliphatic rings. The van der Waals surface area contributed by atoms with Crippen LogP contribution in [-0.2, 0) is 4.79 Å². The Balaban J connectivity index is 1.52. The van der Waals surface area contributed by atoms with Gasteiger partial charge in [-0.3, -0.25) is 4.79 Å². The van der Waals surface area contributed by atoms with Gasteiger partial charge in [0.05, 0.1) is 5.92 Å². The number of carbonyl (C=O) groups excluding carboxylic acids is 1. The zero-order valence-corrected chi connectivity index (χ0v) is 16.0. The Hall–Kier alpha value is -1.51. The summed E-state index contributed by atoms with van der Waals surface area (Å²) in [5, 5.41) is 0. The molecule has 3 nitrogen and oxygen atoms in total. The number of benzene rings is 1. The second-order valence-corrected chi connectivity index (χ2v) is 8.51. The Labute approximate surface area is 152 Å². The smallest absolute Gasteiger partial charge is 0.314 e. The van der Waals surface area contributed by atoms with Crippen molar-refractivity contribution in [3.63, 3.8) is 0 Å². The van der Waals surface area contributed by atoms with E-state index in [1.165, 1.54) is 38.5 Å². The average Bonchev–Trinajstić information content (AvgIpc) is 2.60. The van der Waals surface area contributed by atoms with Gasteiger partial charge in [0.15, 0.2) is 0 Å². The molecule has 138 valence electrons. The highest BCUT2D eigenvalue weighted by molar-refractivity contribution is 5.75. The molecular weight excluding hydrogens is 310 g/mol. The molecule has 0 aliphatic heterocycles. The van der Waals surface area contributed by atoms with E-state index in [9.17, 15) is 4.79 Å². The number of nitrogen functional groups attached to an aromatic ring is 1. The molecule has 0 radical (unpaired) electrons. The zero-order chi connectivity index (χ0) is 18.0. The molecule has 0 amide bonds. The molecule has 3 rings (SSSR count). The quantitative estimate of drug-likeness (QED) is 0.453.